The summed E-state index contributed by atoms with van der Waals surface area (Å²) >= 11 is 0. The second-order valence-electron chi connectivity index (χ2n) is 7.39. The number of nitrogens with zero attached hydrogens (tertiary/aromatic N) is 5. The third-order valence-electron chi connectivity index (χ3n) is 5.30. The van der Waals surface area contributed by atoms with Crippen molar-refractivity contribution < 1.29 is 17.6 Å². The van der Waals surface area contributed by atoms with Crippen LogP contribution in [0, 0.1) is 12.7 Å². The number of sulfonamides is 1. The molecule has 8 nitrogen and oxygen atoms in total. The highest BCUT2D eigenvalue weighted by atomic mass is 32.2. The molecule has 1 aliphatic rings. The third-order valence-corrected chi connectivity index (χ3v) is 7.12. The quantitative estimate of drug-likeness (QED) is 0.618. The van der Waals surface area contributed by atoms with E-state index in [-0.39, 0.29) is 23.4 Å². The third kappa shape index (κ3) is 3.68. The lowest BCUT2D eigenvalue weighted by Gasteiger charge is -2.27. The first-order valence-electron chi connectivity index (χ1n) is 9.60. The highest BCUT2D eigenvalue weighted by molar-refractivity contribution is 7.89. The Hall–Kier alpha value is -2.85. The average Bonchev–Trinajstić information content (AvgIpc) is 3.33. The first-order valence-corrected chi connectivity index (χ1v) is 11.0. The summed E-state index contributed by atoms with van der Waals surface area (Å²) in [4.78, 5) is 19.0. The van der Waals surface area contributed by atoms with Crippen LogP contribution in [-0.4, -0.2) is 58.3 Å². The van der Waals surface area contributed by atoms with Gasteiger partial charge in [-0.25, -0.2) is 22.3 Å². The zero-order valence-corrected chi connectivity index (χ0v) is 17.5. The van der Waals surface area contributed by atoms with Crippen molar-refractivity contribution in [2.24, 2.45) is 0 Å². The average molecular weight is 431 g/mol. The monoisotopic (exact) mass is 431 g/mol. The first-order chi connectivity index (χ1) is 14.3. The van der Waals surface area contributed by atoms with Crippen molar-refractivity contribution in [3.63, 3.8) is 0 Å². The van der Waals surface area contributed by atoms with Crippen LogP contribution in [0.2, 0.25) is 0 Å². The molecule has 0 saturated carbocycles. The van der Waals surface area contributed by atoms with Gasteiger partial charge in [-0.1, -0.05) is 0 Å². The standard InChI is InChI=1S/C20H22FN5O3S/c1-14-12-19-22-10-9-18(26(19)23-14)17-4-3-11-25(17)20(27)13-24(2)30(28,29)16-7-5-15(21)6-8-16/h5-10,12,17H,3-4,11,13H2,1-2H3/t17-/m1/s1. The minimum absolute atomic E-state index is 0.0555. The van der Waals surface area contributed by atoms with E-state index in [1.807, 2.05) is 19.1 Å². The molecular weight excluding hydrogens is 409 g/mol. The molecule has 158 valence electrons. The zero-order chi connectivity index (χ0) is 21.5. The summed E-state index contributed by atoms with van der Waals surface area (Å²) in [5, 5.41) is 4.48. The number of carbonyl (C=O) groups is 1. The Labute approximate surface area is 174 Å². The molecule has 0 N–H and O–H groups in total. The maximum absolute atomic E-state index is 13.1. The van der Waals surface area contributed by atoms with Crippen LogP contribution in [-0.2, 0) is 14.8 Å². The molecule has 4 rings (SSSR count). The van der Waals surface area contributed by atoms with Gasteiger partial charge in [0.15, 0.2) is 5.65 Å². The van der Waals surface area contributed by atoms with Crippen LogP contribution in [0.15, 0.2) is 47.5 Å². The number of carbonyl (C=O) groups excluding carboxylic acids is 1. The highest BCUT2D eigenvalue weighted by Gasteiger charge is 2.34. The van der Waals surface area contributed by atoms with Gasteiger partial charge >= 0.3 is 0 Å². The molecular formula is C20H22FN5O3S. The maximum Gasteiger partial charge on any atom is 0.243 e. The van der Waals surface area contributed by atoms with Crippen molar-refractivity contribution in [3.05, 3.63) is 59.8 Å². The fourth-order valence-corrected chi connectivity index (χ4v) is 4.93. The molecule has 30 heavy (non-hydrogen) atoms. The van der Waals surface area contributed by atoms with Crippen LogP contribution in [0.3, 0.4) is 0 Å². The van der Waals surface area contributed by atoms with Crippen LogP contribution in [0.25, 0.3) is 5.65 Å². The molecule has 3 heterocycles. The largest absolute Gasteiger partial charge is 0.333 e. The van der Waals surface area contributed by atoms with Crippen molar-refractivity contribution in [1.82, 2.24) is 23.8 Å². The lowest BCUT2D eigenvalue weighted by Crippen LogP contribution is -2.41. The van der Waals surface area contributed by atoms with Gasteiger partial charge < -0.3 is 4.90 Å². The maximum atomic E-state index is 13.1. The Morgan fingerprint density at radius 1 is 1.27 bits per heavy atom. The predicted molar refractivity (Wildman–Crippen MR) is 108 cm³/mol. The fraction of sp³-hybridized carbons (Fsp3) is 0.350. The topological polar surface area (TPSA) is 87.9 Å². The summed E-state index contributed by atoms with van der Waals surface area (Å²) in [6, 6.07) is 8.06. The SMILES string of the molecule is Cc1cc2nccc([C@H]3CCCN3C(=O)CN(C)S(=O)(=O)c3ccc(F)cc3)n2n1. The molecule has 0 unspecified atom stereocenters. The van der Waals surface area contributed by atoms with E-state index in [2.05, 4.69) is 10.1 Å². The molecule has 0 aliphatic carbocycles. The second kappa shape index (κ2) is 7.77. The van der Waals surface area contributed by atoms with Crippen molar-refractivity contribution in [1.29, 1.82) is 0 Å². The zero-order valence-electron chi connectivity index (χ0n) is 16.7. The number of hydrogen-bond acceptors (Lipinski definition) is 5. The number of likely N-dealkylation sites (tertiary alicyclic amines) is 1. The minimum Gasteiger partial charge on any atom is -0.333 e. The second-order valence-corrected chi connectivity index (χ2v) is 9.43. The van der Waals surface area contributed by atoms with E-state index in [1.54, 1.807) is 15.6 Å². The van der Waals surface area contributed by atoms with Gasteiger partial charge in [0, 0.05) is 25.9 Å². The lowest BCUT2D eigenvalue weighted by atomic mass is 10.1. The summed E-state index contributed by atoms with van der Waals surface area (Å²) in [6.45, 7) is 2.12. The Balaban J connectivity index is 1.56. The summed E-state index contributed by atoms with van der Waals surface area (Å²) < 4.78 is 41.3. The van der Waals surface area contributed by atoms with E-state index in [0.29, 0.717) is 12.2 Å². The lowest BCUT2D eigenvalue weighted by molar-refractivity contribution is -0.132. The number of aryl methyl sites for hydroxylation is 1. The fourth-order valence-electron chi connectivity index (χ4n) is 3.81. The van der Waals surface area contributed by atoms with E-state index < -0.39 is 15.8 Å². The van der Waals surface area contributed by atoms with Gasteiger partial charge in [-0.05, 0) is 50.1 Å². The normalized spacial score (nSPS) is 17.2. The Morgan fingerprint density at radius 3 is 2.73 bits per heavy atom. The van der Waals surface area contributed by atoms with Gasteiger partial charge in [-0.3, -0.25) is 4.79 Å². The number of fused-ring (bicyclic) bond motifs is 1. The van der Waals surface area contributed by atoms with Gasteiger partial charge in [0.2, 0.25) is 15.9 Å². The highest BCUT2D eigenvalue weighted by Crippen LogP contribution is 2.32. The molecule has 0 radical (unpaired) electrons. The van der Waals surface area contributed by atoms with E-state index in [9.17, 15) is 17.6 Å². The Bertz CT molecular complexity index is 1190. The van der Waals surface area contributed by atoms with Crippen LogP contribution in [0.5, 0.6) is 0 Å². The van der Waals surface area contributed by atoms with Crippen molar-refractivity contribution >= 4 is 21.6 Å². The van der Waals surface area contributed by atoms with Crippen molar-refractivity contribution in [3.8, 4) is 0 Å². The van der Waals surface area contributed by atoms with Gasteiger partial charge in [-0.2, -0.15) is 9.40 Å². The van der Waals surface area contributed by atoms with Gasteiger partial charge in [0.05, 0.1) is 28.9 Å². The number of aromatic nitrogens is 3. The van der Waals surface area contributed by atoms with E-state index in [0.717, 1.165) is 40.7 Å². The molecule has 10 heteroatoms. The minimum atomic E-state index is -3.90. The molecule has 1 atom stereocenters. The summed E-state index contributed by atoms with van der Waals surface area (Å²) in [5.74, 6) is -0.815. The number of rotatable bonds is 5. The number of hydrogen-bond donors (Lipinski definition) is 0. The summed E-state index contributed by atoms with van der Waals surface area (Å²) in [7, 11) is -2.55. The molecule has 0 spiro atoms. The van der Waals surface area contributed by atoms with Gasteiger partial charge in [-0.15, -0.1) is 0 Å². The number of amides is 1. The van der Waals surface area contributed by atoms with Crippen LogP contribution >= 0.6 is 0 Å². The molecule has 1 aromatic carbocycles. The van der Waals surface area contributed by atoms with E-state index in [4.69, 9.17) is 0 Å². The molecule has 1 amide bonds. The van der Waals surface area contributed by atoms with Crippen LogP contribution in [0.4, 0.5) is 4.39 Å². The predicted octanol–water partition coefficient (Wildman–Crippen LogP) is 2.16. The molecule has 1 fully saturated rings. The summed E-state index contributed by atoms with van der Waals surface area (Å²) in [6.07, 6.45) is 3.27. The van der Waals surface area contributed by atoms with Crippen LogP contribution in [0.1, 0.15) is 30.3 Å². The van der Waals surface area contributed by atoms with E-state index in [1.165, 1.54) is 19.2 Å². The number of benzene rings is 1. The molecule has 2 aromatic heterocycles. The molecule has 1 aliphatic heterocycles. The molecule has 3 aromatic rings. The smallest absolute Gasteiger partial charge is 0.243 e. The van der Waals surface area contributed by atoms with Gasteiger partial charge in [0.1, 0.15) is 5.82 Å². The van der Waals surface area contributed by atoms with E-state index >= 15 is 0 Å². The van der Waals surface area contributed by atoms with Crippen molar-refractivity contribution in [2.45, 2.75) is 30.7 Å². The van der Waals surface area contributed by atoms with Gasteiger partial charge in [0.25, 0.3) is 0 Å². The van der Waals surface area contributed by atoms with Crippen molar-refractivity contribution in [2.75, 3.05) is 20.1 Å². The number of likely N-dealkylation sites (N-methyl/N-ethyl adjacent to an activating group) is 1. The molecule has 1 saturated heterocycles. The number of halogens is 1. The Morgan fingerprint density at radius 2 is 2.00 bits per heavy atom. The molecule has 0 bridgehead atoms. The first kappa shape index (κ1) is 20.4. The Kier molecular flexibility index (Phi) is 5.29. The summed E-state index contributed by atoms with van der Waals surface area (Å²) in [5.41, 5.74) is 2.39. The van der Waals surface area contributed by atoms with Crippen LogP contribution < -0.4 is 0 Å².